The Kier molecular flexibility index (Phi) is 3.25. The lowest BCUT2D eigenvalue weighted by Gasteiger charge is -2.10. The summed E-state index contributed by atoms with van der Waals surface area (Å²) < 4.78 is 0. The smallest absolute Gasteiger partial charge is 0.246 e. The van der Waals surface area contributed by atoms with Crippen LogP contribution in [0, 0.1) is 0 Å². The van der Waals surface area contributed by atoms with Gasteiger partial charge in [0.1, 0.15) is 6.61 Å². The van der Waals surface area contributed by atoms with Crippen molar-refractivity contribution in [1.82, 2.24) is 5.32 Å². The van der Waals surface area contributed by atoms with E-state index < -0.39 is 6.61 Å². The molecule has 2 N–H and O–H groups in total. The van der Waals surface area contributed by atoms with Gasteiger partial charge in [-0.1, -0.05) is 6.07 Å². The first kappa shape index (κ1) is 9.22. The lowest BCUT2D eigenvalue weighted by atomic mass is 10.3. The highest BCUT2D eigenvalue weighted by molar-refractivity contribution is 7.10. The molecule has 3 nitrogen and oxygen atoms in total. The van der Waals surface area contributed by atoms with Crippen LogP contribution in [0.2, 0.25) is 0 Å². The second-order valence-electron chi connectivity index (χ2n) is 2.46. The van der Waals surface area contributed by atoms with Crippen molar-refractivity contribution in [3.05, 3.63) is 22.4 Å². The molecule has 0 aliphatic rings. The number of aliphatic hydroxyl groups excluding tert-OH is 1. The van der Waals surface area contributed by atoms with Crippen molar-refractivity contribution in [2.45, 2.75) is 13.0 Å². The number of carbonyl (C=O) groups excluding carboxylic acids is 1. The van der Waals surface area contributed by atoms with E-state index in [0.717, 1.165) is 4.88 Å². The first-order valence-corrected chi connectivity index (χ1v) is 4.55. The zero-order valence-corrected chi connectivity index (χ0v) is 7.60. The van der Waals surface area contributed by atoms with E-state index in [1.54, 1.807) is 11.3 Å². The van der Waals surface area contributed by atoms with Crippen LogP contribution in [0.1, 0.15) is 17.8 Å². The summed E-state index contributed by atoms with van der Waals surface area (Å²) in [7, 11) is 0. The fourth-order valence-electron chi connectivity index (χ4n) is 0.896. The molecule has 0 aromatic carbocycles. The number of nitrogens with one attached hydrogen (secondary N) is 1. The average Bonchev–Trinajstić information content (AvgIpc) is 2.56. The van der Waals surface area contributed by atoms with Crippen molar-refractivity contribution in [1.29, 1.82) is 0 Å². The van der Waals surface area contributed by atoms with Gasteiger partial charge in [0.2, 0.25) is 5.91 Å². The van der Waals surface area contributed by atoms with Gasteiger partial charge in [-0.3, -0.25) is 4.79 Å². The maximum Gasteiger partial charge on any atom is 0.246 e. The van der Waals surface area contributed by atoms with E-state index in [2.05, 4.69) is 5.32 Å². The Labute approximate surface area is 75.0 Å². The molecule has 0 aliphatic carbocycles. The molecule has 1 unspecified atom stereocenters. The minimum Gasteiger partial charge on any atom is -0.387 e. The normalized spacial score (nSPS) is 12.5. The summed E-state index contributed by atoms with van der Waals surface area (Å²) in [4.78, 5) is 11.9. The Morgan fingerprint density at radius 1 is 1.83 bits per heavy atom. The lowest BCUT2D eigenvalue weighted by molar-refractivity contribution is -0.124. The van der Waals surface area contributed by atoms with Gasteiger partial charge >= 0.3 is 0 Å². The largest absolute Gasteiger partial charge is 0.387 e. The molecule has 0 fully saturated rings. The fourth-order valence-corrected chi connectivity index (χ4v) is 1.63. The van der Waals surface area contributed by atoms with Gasteiger partial charge in [-0.2, -0.15) is 0 Å². The summed E-state index contributed by atoms with van der Waals surface area (Å²) in [6, 6.07) is 3.87. The number of aliphatic hydroxyl groups is 1. The van der Waals surface area contributed by atoms with Gasteiger partial charge in [0, 0.05) is 4.88 Å². The third kappa shape index (κ3) is 2.32. The van der Waals surface area contributed by atoms with Gasteiger partial charge < -0.3 is 10.4 Å². The monoisotopic (exact) mass is 185 g/mol. The number of carbonyl (C=O) groups is 1. The Balaban J connectivity index is 2.49. The fraction of sp³-hybridized carbons (Fsp3) is 0.375. The highest BCUT2D eigenvalue weighted by Gasteiger charge is 2.08. The minimum absolute atomic E-state index is 0.00958. The van der Waals surface area contributed by atoms with Crippen LogP contribution >= 0.6 is 11.3 Å². The second kappa shape index (κ2) is 4.23. The molecule has 4 heteroatoms. The molecule has 66 valence electrons. The van der Waals surface area contributed by atoms with Gasteiger partial charge in [0.15, 0.2) is 0 Å². The first-order valence-electron chi connectivity index (χ1n) is 3.67. The predicted molar refractivity (Wildman–Crippen MR) is 48.0 cm³/mol. The molecule has 0 saturated carbocycles. The maximum absolute atomic E-state index is 10.8. The second-order valence-corrected chi connectivity index (χ2v) is 3.44. The van der Waals surface area contributed by atoms with E-state index >= 15 is 0 Å². The van der Waals surface area contributed by atoms with E-state index in [-0.39, 0.29) is 11.9 Å². The van der Waals surface area contributed by atoms with Crippen LogP contribution < -0.4 is 5.32 Å². The molecular formula is C8H11NO2S. The summed E-state index contributed by atoms with van der Waals surface area (Å²) in [5.41, 5.74) is 0. The number of amides is 1. The zero-order chi connectivity index (χ0) is 8.97. The van der Waals surface area contributed by atoms with Crippen LogP contribution in [0.5, 0.6) is 0 Å². The van der Waals surface area contributed by atoms with Crippen LogP contribution in [-0.2, 0) is 4.79 Å². The van der Waals surface area contributed by atoms with Crippen molar-refractivity contribution in [2.24, 2.45) is 0 Å². The third-order valence-electron chi connectivity index (χ3n) is 1.49. The molecule has 0 aliphatic heterocycles. The Bertz CT molecular complexity index is 246. The summed E-state index contributed by atoms with van der Waals surface area (Å²) in [6.07, 6.45) is 0. The molecule has 0 radical (unpaired) electrons. The summed E-state index contributed by atoms with van der Waals surface area (Å²) in [6.45, 7) is 1.44. The van der Waals surface area contributed by atoms with Gasteiger partial charge in [-0.25, -0.2) is 0 Å². The van der Waals surface area contributed by atoms with Crippen LogP contribution in [0.25, 0.3) is 0 Å². The molecule has 0 saturated heterocycles. The highest BCUT2D eigenvalue weighted by Crippen LogP contribution is 2.17. The van der Waals surface area contributed by atoms with Crippen molar-refractivity contribution in [2.75, 3.05) is 6.61 Å². The van der Waals surface area contributed by atoms with E-state index in [1.165, 1.54) is 0 Å². The molecule has 0 spiro atoms. The van der Waals surface area contributed by atoms with E-state index in [9.17, 15) is 4.79 Å². The number of rotatable bonds is 3. The van der Waals surface area contributed by atoms with Crippen LogP contribution in [0.4, 0.5) is 0 Å². The van der Waals surface area contributed by atoms with E-state index in [0.29, 0.717) is 0 Å². The zero-order valence-electron chi connectivity index (χ0n) is 6.78. The standard InChI is InChI=1S/C8H11NO2S/c1-6(9-8(11)5-10)7-3-2-4-12-7/h2-4,6,10H,5H2,1H3,(H,9,11). The molecule has 12 heavy (non-hydrogen) atoms. The molecule has 0 bridgehead atoms. The molecule has 1 rings (SSSR count). The number of hydrogen-bond acceptors (Lipinski definition) is 3. The van der Waals surface area contributed by atoms with Gasteiger partial charge in [-0.05, 0) is 18.4 Å². The van der Waals surface area contributed by atoms with Gasteiger partial charge in [0.05, 0.1) is 6.04 Å². The number of thiophene rings is 1. The van der Waals surface area contributed by atoms with Crippen molar-refractivity contribution in [3.8, 4) is 0 Å². The quantitative estimate of drug-likeness (QED) is 0.735. The van der Waals surface area contributed by atoms with Crippen LogP contribution in [-0.4, -0.2) is 17.6 Å². The maximum atomic E-state index is 10.8. The average molecular weight is 185 g/mol. The summed E-state index contributed by atoms with van der Waals surface area (Å²) >= 11 is 1.59. The van der Waals surface area contributed by atoms with Crippen molar-refractivity contribution < 1.29 is 9.90 Å². The molecule has 1 aromatic heterocycles. The van der Waals surface area contributed by atoms with Crippen molar-refractivity contribution in [3.63, 3.8) is 0 Å². The Hall–Kier alpha value is -0.870. The number of hydrogen-bond donors (Lipinski definition) is 2. The Morgan fingerprint density at radius 3 is 3.08 bits per heavy atom. The lowest BCUT2D eigenvalue weighted by Crippen LogP contribution is -2.28. The van der Waals surface area contributed by atoms with E-state index in [1.807, 2.05) is 24.4 Å². The van der Waals surface area contributed by atoms with Crippen LogP contribution in [0.15, 0.2) is 17.5 Å². The predicted octanol–water partition coefficient (Wildman–Crippen LogP) is 0.918. The summed E-state index contributed by atoms with van der Waals surface area (Å²) in [5.74, 6) is -0.337. The van der Waals surface area contributed by atoms with E-state index in [4.69, 9.17) is 5.11 Å². The third-order valence-corrected chi connectivity index (χ3v) is 2.55. The first-order chi connectivity index (χ1) is 5.74. The Morgan fingerprint density at radius 2 is 2.58 bits per heavy atom. The highest BCUT2D eigenvalue weighted by atomic mass is 32.1. The molecular weight excluding hydrogens is 174 g/mol. The van der Waals surface area contributed by atoms with Gasteiger partial charge in [-0.15, -0.1) is 11.3 Å². The summed E-state index contributed by atoms with van der Waals surface area (Å²) in [5, 5.41) is 13.1. The van der Waals surface area contributed by atoms with Crippen molar-refractivity contribution >= 4 is 17.2 Å². The molecule has 1 atom stereocenters. The molecule has 1 aromatic rings. The van der Waals surface area contributed by atoms with Crippen LogP contribution in [0.3, 0.4) is 0 Å². The van der Waals surface area contributed by atoms with Gasteiger partial charge in [0.25, 0.3) is 0 Å². The topological polar surface area (TPSA) is 49.3 Å². The SMILES string of the molecule is CC(NC(=O)CO)c1cccs1. The molecule has 1 amide bonds. The minimum atomic E-state index is -0.449. The molecule has 1 heterocycles.